The summed E-state index contributed by atoms with van der Waals surface area (Å²) in [4.78, 5) is 16.0. The van der Waals surface area contributed by atoms with E-state index >= 15 is 0 Å². The second kappa shape index (κ2) is 10.2. The number of carbonyl (C=O) groups is 1. The first kappa shape index (κ1) is 21.7. The van der Waals surface area contributed by atoms with Crippen LogP contribution < -0.4 is 14.8 Å². The van der Waals surface area contributed by atoms with Crippen LogP contribution in [-0.4, -0.2) is 17.6 Å². The van der Waals surface area contributed by atoms with Crippen LogP contribution in [0, 0.1) is 0 Å². The molecule has 4 aromatic rings. The molecule has 5 rings (SSSR count). The van der Waals surface area contributed by atoms with Gasteiger partial charge in [0.2, 0.25) is 12.7 Å². The highest BCUT2D eigenvalue weighted by atomic mass is 16.7. The first-order chi connectivity index (χ1) is 16.8. The molecule has 170 valence electrons. The predicted molar refractivity (Wildman–Crippen MR) is 133 cm³/mol. The van der Waals surface area contributed by atoms with Crippen molar-refractivity contribution in [2.24, 2.45) is 0 Å². The SMILES string of the molecule is O=C(Nc1ccc2c(c1)OCO2)C(c1ccccc1)N(Cc1ccccc1)Cc1ccccc1. The van der Waals surface area contributed by atoms with E-state index in [0.717, 1.165) is 16.7 Å². The van der Waals surface area contributed by atoms with Crippen molar-refractivity contribution in [3.8, 4) is 11.5 Å². The Morgan fingerprint density at radius 2 is 1.29 bits per heavy atom. The smallest absolute Gasteiger partial charge is 0.246 e. The van der Waals surface area contributed by atoms with E-state index in [9.17, 15) is 4.79 Å². The van der Waals surface area contributed by atoms with E-state index in [2.05, 4.69) is 34.5 Å². The van der Waals surface area contributed by atoms with Crippen LogP contribution in [-0.2, 0) is 17.9 Å². The minimum atomic E-state index is -0.493. The molecule has 1 aliphatic heterocycles. The molecule has 34 heavy (non-hydrogen) atoms. The van der Waals surface area contributed by atoms with Gasteiger partial charge in [-0.15, -0.1) is 0 Å². The fourth-order valence-corrected chi connectivity index (χ4v) is 4.22. The third-order valence-electron chi connectivity index (χ3n) is 5.83. The largest absolute Gasteiger partial charge is 0.454 e. The van der Waals surface area contributed by atoms with Crippen molar-refractivity contribution in [2.45, 2.75) is 19.1 Å². The Balaban J connectivity index is 1.48. The second-order valence-electron chi connectivity index (χ2n) is 8.25. The molecule has 0 aliphatic carbocycles. The Labute approximate surface area is 199 Å². The molecule has 0 spiro atoms. The zero-order valence-electron chi connectivity index (χ0n) is 18.8. The molecule has 1 aliphatic rings. The topological polar surface area (TPSA) is 50.8 Å². The van der Waals surface area contributed by atoms with Crippen molar-refractivity contribution in [1.29, 1.82) is 0 Å². The summed E-state index contributed by atoms with van der Waals surface area (Å²) in [5.41, 5.74) is 3.91. The maximum atomic E-state index is 13.8. The van der Waals surface area contributed by atoms with Crippen LogP contribution in [0.1, 0.15) is 22.7 Å². The summed E-state index contributed by atoms with van der Waals surface area (Å²) in [6.07, 6.45) is 0. The van der Waals surface area contributed by atoms with E-state index in [1.807, 2.05) is 78.9 Å². The molecular weight excluding hydrogens is 424 g/mol. The summed E-state index contributed by atoms with van der Waals surface area (Å²) in [5.74, 6) is 1.23. The molecule has 1 N–H and O–H groups in total. The van der Waals surface area contributed by atoms with E-state index in [0.29, 0.717) is 30.3 Å². The molecule has 1 amide bonds. The molecule has 0 saturated heterocycles. The van der Waals surface area contributed by atoms with Gasteiger partial charge in [0.05, 0.1) is 0 Å². The maximum Gasteiger partial charge on any atom is 0.246 e. The number of carbonyl (C=O) groups excluding carboxylic acids is 1. The van der Waals surface area contributed by atoms with Gasteiger partial charge in [-0.2, -0.15) is 0 Å². The quantitative estimate of drug-likeness (QED) is 0.369. The van der Waals surface area contributed by atoms with E-state index in [1.165, 1.54) is 0 Å². The van der Waals surface area contributed by atoms with Crippen molar-refractivity contribution in [3.05, 3.63) is 126 Å². The highest BCUT2D eigenvalue weighted by Gasteiger charge is 2.28. The van der Waals surface area contributed by atoms with Crippen molar-refractivity contribution in [3.63, 3.8) is 0 Å². The number of anilines is 1. The molecule has 4 aromatic carbocycles. The van der Waals surface area contributed by atoms with Gasteiger partial charge in [-0.3, -0.25) is 9.69 Å². The summed E-state index contributed by atoms with van der Waals surface area (Å²) < 4.78 is 10.9. The second-order valence-corrected chi connectivity index (χ2v) is 8.25. The number of benzene rings is 4. The molecule has 0 fully saturated rings. The molecule has 5 heteroatoms. The van der Waals surface area contributed by atoms with Gasteiger partial charge in [0, 0.05) is 24.8 Å². The number of ether oxygens (including phenoxy) is 2. The summed E-state index contributed by atoms with van der Waals surface area (Å²) in [6.45, 7) is 1.45. The third kappa shape index (κ3) is 5.11. The fraction of sp³-hybridized carbons (Fsp3) is 0.138. The normalized spacial score (nSPS) is 13.0. The van der Waals surface area contributed by atoms with Gasteiger partial charge >= 0.3 is 0 Å². The number of amides is 1. The van der Waals surface area contributed by atoms with Gasteiger partial charge in [-0.1, -0.05) is 91.0 Å². The van der Waals surface area contributed by atoms with Crippen LogP contribution in [0.15, 0.2) is 109 Å². The molecule has 5 nitrogen and oxygen atoms in total. The van der Waals surface area contributed by atoms with Gasteiger partial charge in [-0.05, 0) is 28.8 Å². The van der Waals surface area contributed by atoms with Crippen LogP contribution in [0.25, 0.3) is 0 Å². The number of hydrogen-bond acceptors (Lipinski definition) is 4. The Bertz CT molecular complexity index is 1190. The van der Waals surface area contributed by atoms with E-state index in [1.54, 1.807) is 6.07 Å². The number of nitrogens with one attached hydrogen (secondary N) is 1. The zero-order valence-corrected chi connectivity index (χ0v) is 18.8. The average molecular weight is 451 g/mol. The minimum Gasteiger partial charge on any atom is -0.454 e. The Morgan fingerprint density at radius 3 is 1.91 bits per heavy atom. The van der Waals surface area contributed by atoms with Crippen molar-refractivity contribution < 1.29 is 14.3 Å². The van der Waals surface area contributed by atoms with Crippen LogP contribution in [0.4, 0.5) is 5.69 Å². The lowest BCUT2D eigenvalue weighted by atomic mass is 10.0. The van der Waals surface area contributed by atoms with Crippen LogP contribution in [0.5, 0.6) is 11.5 Å². The van der Waals surface area contributed by atoms with Gasteiger partial charge in [0.1, 0.15) is 6.04 Å². The van der Waals surface area contributed by atoms with Crippen LogP contribution in [0.3, 0.4) is 0 Å². The molecule has 1 heterocycles. The first-order valence-electron chi connectivity index (χ1n) is 11.3. The third-order valence-corrected chi connectivity index (χ3v) is 5.83. The van der Waals surface area contributed by atoms with Crippen LogP contribution >= 0.6 is 0 Å². The highest BCUT2D eigenvalue weighted by molar-refractivity contribution is 5.95. The molecule has 0 aromatic heterocycles. The van der Waals surface area contributed by atoms with E-state index < -0.39 is 6.04 Å². The number of nitrogens with zero attached hydrogens (tertiary/aromatic N) is 1. The summed E-state index contributed by atoms with van der Waals surface area (Å²) >= 11 is 0. The molecule has 1 unspecified atom stereocenters. The lowest BCUT2D eigenvalue weighted by Crippen LogP contribution is -2.36. The molecule has 0 saturated carbocycles. The highest BCUT2D eigenvalue weighted by Crippen LogP contribution is 2.35. The number of fused-ring (bicyclic) bond motifs is 1. The number of rotatable bonds is 8. The summed E-state index contributed by atoms with van der Waals surface area (Å²) in [5, 5.41) is 3.11. The monoisotopic (exact) mass is 450 g/mol. The zero-order chi connectivity index (χ0) is 23.2. The van der Waals surface area contributed by atoms with Gasteiger partial charge in [-0.25, -0.2) is 0 Å². The molecule has 0 radical (unpaired) electrons. The average Bonchev–Trinajstić information content (AvgIpc) is 3.34. The predicted octanol–water partition coefficient (Wildman–Crippen LogP) is 5.80. The van der Waals surface area contributed by atoms with E-state index in [-0.39, 0.29) is 12.7 Å². The van der Waals surface area contributed by atoms with Gasteiger partial charge in [0.25, 0.3) is 0 Å². The van der Waals surface area contributed by atoms with E-state index in [4.69, 9.17) is 9.47 Å². The van der Waals surface area contributed by atoms with Crippen molar-refractivity contribution in [1.82, 2.24) is 4.90 Å². The molecular formula is C29H26N2O3. The summed E-state index contributed by atoms with van der Waals surface area (Å²) in [7, 11) is 0. The first-order valence-corrected chi connectivity index (χ1v) is 11.3. The lowest BCUT2D eigenvalue weighted by Gasteiger charge is -2.31. The standard InChI is InChI=1S/C29H26N2O3/c32-29(30-25-16-17-26-27(18-25)34-21-33-26)28(24-14-8-3-9-15-24)31(19-22-10-4-1-5-11-22)20-23-12-6-2-7-13-23/h1-18,28H,19-21H2,(H,30,32). The summed E-state index contributed by atoms with van der Waals surface area (Å²) in [6, 6.07) is 35.4. The lowest BCUT2D eigenvalue weighted by molar-refractivity contribution is -0.122. The Morgan fingerprint density at radius 1 is 0.735 bits per heavy atom. The molecule has 1 atom stereocenters. The van der Waals surface area contributed by atoms with Crippen LogP contribution in [0.2, 0.25) is 0 Å². The minimum absolute atomic E-state index is 0.100. The van der Waals surface area contributed by atoms with Gasteiger partial charge in [0.15, 0.2) is 11.5 Å². The van der Waals surface area contributed by atoms with Gasteiger partial charge < -0.3 is 14.8 Å². The Hall–Kier alpha value is -4.09. The Kier molecular flexibility index (Phi) is 6.54. The van der Waals surface area contributed by atoms with Crippen molar-refractivity contribution >= 4 is 11.6 Å². The molecule has 0 bridgehead atoms. The maximum absolute atomic E-state index is 13.8. The van der Waals surface area contributed by atoms with Crippen molar-refractivity contribution in [2.75, 3.05) is 12.1 Å². The fourth-order valence-electron chi connectivity index (χ4n) is 4.22. The number of hydrogen-bond donors (Lipinski definition) is 1.